The van der Waals surface area contributed by atoms with E-state index in [1.807, 2.05) is 49.4 Å². The van der Waals surface area contributed by atoms with Crippen LogP contribution in [0.4, 0.5) is 0 Å². The molecule has 0 spiro atoms. The number of ketones is 1. The number of hydrogen-bond donors (Lipinski definition) is 1. The number of benzene rings is 3. The van der Waals surface area contributed by atoms with Crippen molar-refractivity contribution in [3.05, 3.63) is 101 Å². The first-order valence-corrected chi connectivity index (χ1v) is 10.7. The van der Waals surface area contributed by atoms with Gasteiger partial charge in [0.15, 0.2) is 0 Å². The van der Waals surface area contributed by atoms with Crippen molar-refractivity contribution < 1.29 is 24.2 Å². The summed E-state index contributed by atoms with van der Waals surface area (Å²) in [5.41, 5.74) is 2.11. The second kappa shape index (κ2) is 9.61. The first kappa shape index (κ1) is 22.1. The quantitative estimate of drug-likeness (QED) is 0.325. The Balaban J connectivity index is 1.80. The molecule has 1 aliphatic heterocycles. The normalized spacial score (nSPS) is 17.3. The van der Waals surface area contributed by atoms with Gasteiger partial charge in [-0.1, -0.05) is 54.6 Å². The van der Waals surface area contributed by atoms with Crippen LogP contribution >= 0.6 is 0 Å². The highest BCUT2D eigenvalue weighted by atomic mass is 16.5. The minimum absolute atomic E-state index is 0.0730. The van der Waals surface area contributed by atoms with Crippen LogP contribution in [0.25, 0.3) is 5.76 Å². The summed E-state index contributed by atoms with van der Waals surface area (Å²) in [6, 6.07) is 22.6. The van der Waals surface area contributed by atoms with Crippen LogP contribution in [0, 0.1) is 0 Å². The molecule has 1 atom stereocenters. The number of aliphatic hydroxyl groups excluding tert-OH is 1. The number of aliphatic hydroxyl groups is 1. The van der Waals surface area contributed by atoms with Gasteiger partial charge in [-0.15, -0.1) is 0 Å². The van der Waals surface area contributed by atoms with Crippen molar-refractivity contribution in [1.29, 1.82) is 0 Å². The molecule has 33 heavy (non-hydrogen) atoms. The lowest BCUT2D eigenvalue weighted by atomic mass is 9.95. The number of Topliss-reactive ketones (excluding diaryl/α,β-unsaturated/α-hetero) is 1. The highest BCUT2D eigenvalue weighted by Gasteiger charge is 2.46. The zero-order valence-corrected chi connectivity index (χ0v) is 18.5. The summed E-state index contributed by atoms with van der Waals surface area (Å²) in [5, 5.41) is 11.1. The fourth-order valence-electron chi connectivity index (χ4n) is 3.98. The number of hydrogen-bond acceptors (Lipinski definition) is 5. The molecule has 1 heterocycles. The van der Waals surface area contributed by atoms with Crippen LogP contribution in [0.2, 0.25) is 0 Å². The van der Waals surface area contributed by atoms with Crippen LogP contribution < -0.4 is 9.47 Å². The molecule has 1 amide bonds. The lowest BCUT2D eigenvalue weighted by molar-refractivity contribution is -0.140. The Morgan fingerprint density at radius 3 is 2.15 bits per heavy atom. The average molecular weight is 443 g/mol. The maximum atomic E-state index is 13.1. The Kier molecular flexibility index (Phi) is 6.45. The molecule has 6 nitrogen and oxygen atoms in total. The monoisotopic (exact) mass is 443 g/mol. The third-order valence-corrected chi connectivity index (χ3v) is 5.61. The van der Waals surface area contributed by atoms with Crippen LogP contribution in [0.1, 0.15) is 29.7 Å². The van der Waals surface area contributed by atoms with Crippen molar-refractivity contribution in [1.82, 2.24) is 4.90 Å². The van der Waals surface area contributed by atoms with Crippen molar-refractivity contribution >= 4 is 17.4 Å². The summed E-state index contributed by atoms with van der Waals surface area (Å²) >= 11 is 0. The van der Waals surface area contributed by atoms with E-state index < -0.39 is 17.7 Å². The molecule has 1 unspecified atom stereocenters. The number of methoxy groups -OCH3 is 1. The van der Waals surface area contributed by atoms with Crippen LogP contribution in [-0.4, -0.2) is 35.4 Å². The molecule has 1 saturated heterocycles. The Morgan fingerprint density at radius 2 is 1.55 bits per heavy atom. The number of likely N-dealkylation sites (tertiary alicyclic amines) is 1. The number of ether oxygens (including phenoxy) is 2. The van der Waals surface area contributed by atoms with Gasteiger partial charge in [0.1, 0.15) is 17.3 Å². The van der Waals surface area contributed by atoms with Gasteiger partial charge in [0.2, 0.25) is 0 Å². The molecular weight excluding hydrogens is 418 g/mol. The number of nitrogens with zero attached hydrogens (tertiary/aromatic N) is 1. The molecule has 6 heteroatoms. The topological polar surface area (TPSA) is 76.1 Å². The molecular formula is C27H25NO5. The molecule has 4 rings (SSSR count). The van der Waals surface area contributed by atoms with E-state index in [9.17, 15) is 14.7 Å². The molecule has 0 aromatic heterocycles. The number of amides is 1. The zero-order chi connectivity index (χ0) is 23.4. The van der Waals surface area contributed by atoms with Crippen LogP contribution in [0.5, 0.6) is 11.5 Å². The third-order valence-electron chi connectivity index (χ3n) is 5.61. The molecule has 168 valence electrons. The predicted octanol–water partition coefficient (Wildman–Crippen LogP) is 4.72. The average Bonchev–Trinajstić information content (AvgIpc) is 3.10. The van der Waals surface area contributed by atoms with E-state index in [1.165, 1.54) is 4.90 Å². The second-order valence-electron chi connectivity index (χ2n) is 7.64. The van der Waals surface area contributed by atoms with Gasteiger partial charge >= 0.3 is 0 Å². The Morgan fingerprint density at radius 1 is 0.909 bits per heavy atom. The van der Waals surface area contributed by atoms with E-state index in [0.29, 0.717) is 29.2 Å². The first-order valence-electron chi connectivity index (χ1n) is 10.7. The standard InChI is InChI=1S/C27H25NO5/c1-3-33-22-15-11-19(12-16-22)24-23(25(29)20-7-5-4-6-8-20)26(30)27(31)28(24)17-18-9-13-21(32-2)14-10-18/h4-16,24,29H,3,17H2,1-2H3/b25-23-. The second-order valence-corrected chi connectivity index (χ2v) is 7.64. The van der Waals surface area contributed by atoms with Gasteiger partial charge in [-0.3, -0.25) is 9.59 Å². The van der Waals surface area contributed by atoms with Gasteiger partial charge in [0.25, 0.3) is 11.7 Å². The Hall–Kier alpha value is -4.06. The smallest absolute Gasteiger partial charge is 0.295 e. The highest BCUT2D eigenvalue weighted by molar-refractivity contribution is 6.46. The molecule has 0 radical (unpaired) electrons. The zero-order valence-electron chi connectivity index (χ0n) is 18.5. The minimum atomic E-state index is -0.733. The van der Waals surface area contributed by atoms with Gasteiger partial charge in [-0.25, -0.2) is 0 Å². The fourth-order valence-corrected chi connectivity index (χ4v) is 3.98. The van der Waals surface area contributed by atoms with Gasteiger partial charge < -0.3 is 19.5 Å². The van der Waals surface area contributed by atoms with Crippen molar-refractivity contribution in [3.8, 4) is 11.5 Å². The van der Waals surface area contributed by atoms with Crippen molar-refractivity contribution in [2.45, 2.75) is 19.5 Å². The Labute approximate surface area is 192 Å². The molecule has 0 saturated carbocycles. The third kappa shape index (κ3) is 4.46. The van der Waals surface area contributed by atoms with E-state index >= 15 is 0 Å². The summed E-state index contributed by atoms with van der Waals surface area (Å²) < 4.78 is 10.7. The minimum Gasteiger partial charge on any atom is -0.507 e. The van der Waals surface area contributed by atoms with Crippen molar-refractivity contribution in [3.63, 3.8) is 0 Å². The maximum absolute atomic E-state index is 13.1. The van der Waals surface area contributed by atoms with Crippen LogP contribution in [0.15, 0.2) is 84.4 Å². The molecule has 3 aromatic carbocycles. The number of carbonyl (C=O) groups excluding carboxylic acids is 2. The van der Waals surface area contributed by atoms with Crippen molar-refractivity contribution in [2.24, 2.45) is 0 Å². The molecule has 0 aliphatic carbocycles. The SMILES string of the molecule is CCOc1ccc(C2/C(=C(/O)c3ccccc3)C(=O)C(=O)N2Cc2ccc(OC)cc2)cc1. The summed E-state index contributed by atoms with van der Waals surface area (Å²) in [4.78, 5) is 27.7. The maximum Gasteiger partial charge on any atom is 0.295 e. The van der Waals surface area contributed by atoms with E-state index in [-0.39, 0.29) is 17.9 Å². The summed E-state index contributed by atoms with van der Waals surface area (Å²) in [5.74, 6) is -0.152. The molecule has 3 aromatic rings. The van der Waals surface area contributed by atoms with Gasteiger partial charge in [-0.2, -0.15) is 0 Å². The van der Waals surface area contributed by atoms with E-state index in [0.717, 1.165) is 5.56 Å². The van der Waals surface area contributed by atoms with Gasteiger partial charge in [-0.05, 0) is 42.3 Å². The molecule has 1 aliphatic rings. The lowest BCUT2D eigenvalue weighted by Crippen LogP contribution is -2.29. The fraction of sp³-hybridized carbons (Fsp3) is 0.185. The van der Waals surface area contributed by atoms with Gasteiger partial charge in [0, 0.05) is 12.1 Å². The molecule has 1 N–H and O–H groups in total. The summed E-state index contributed by atoms with van der Waals surface area (Å²) in [6.45, 7) is 2.64. The van der Waals surface area contributed by atoms with Gasteiger partial charge in [0.05, 0.1) is 25.3 Å². The summed E-state index contributed by atoms with van der Waals surface area (Å²) in [7, 11) is 1.59. The number of carbonyl (C=O) groups is 2. The first-order chi connectivity index (χ1) is 16.0. The number of rotatable bonds is 7. The van der Waals surface area contributed by atoms with Crippen molar-refractivity contribution in [2.75, 3.05) is 13.7 Å². The highest BCUT2D eigenvalue weighted by Crippen LogP contribution is 2.40. The Bertz CT molecular complexity index is 1170. The lowest BCUT2D eigenvalue weighted by Gasteiger charge is -2.25. The van der Waals surface area contributed by atoms with E-state index in [1.54, 1.807) is 43.5 Å². The van der Waals surface area contributed by atoms with E-state index in [2.05, 4.69) is 0 Å². The largest absolute Gasteiger partial charge is 0.507 e. The van der Waals surface area contributed by atoms with E-state index in [4.69, 9.17) is 9.47 Å². The predicted molar refractivity (Wildman–Crippen MR) is 125 cm³/mol. The molecule has 1 fully saturated rings. The van der Waals surface area contributed by atoms with Crippen LogP contribution in [0.3, 0.4) is 0 Å². The summed E-state index contributed by atoms with van der Waals surface area (Å²) in [6.07, 6.45) is 0. The van der Waals surface area contributed by atoms with Crippen LogP contribution in [-0.2, 0) is 16.1 Å². The molecule has 0 bridgehead atoms.